The van der Waals surface area contributed by atoms with E-state index in [9.17, 15) is 51.1 Å². The lowest BCUT2D eigenvalue weighted by Crippen LogP contribution is -2.66. The first-order valence-electron chi connectivity index (χ1n) is 10.6. The molecule has 0 bridgehead atoms. The average Bonchev–Trinajstić information content (AvgIpc) is 2.83. The highest BCUT2D eigenvalue weighted by Crippen LogP contribution is 2.31. The summed E-state index contributed by atoms with van der Waals surface area (Å²) >= 11 is 0. The minimum absolute atomic E-state index is 0.715. The van der Waals surface area contributed by atoms with E-state index in [0.717, 1.165) is 0 Å². The number of rotatable bonds is 7. The fraction of sp³-hybridized carbons (Fsp3) is 1.00. The van der Waals surface area contributed by atoms with E-state index in [1.165, 1.54) is 0 Å². The first-order chi connectivity index (χ1) is 16.0. The van der Waals surface area contributed by atoms with E-state index in [4.69, 9.17) is 28.8 Å². The maximum atomic E-state index is 10.6. The van der Waals surface area contributed by atoms with Crippen LogP contribution in [0.4, 0.5) is 0 Å². The van der Waals surface area contributed by atoms with E-state index in [-0.39, 0.29) is 0 Å². The van der Waals surface area contributed by atoms with Gasteiger partial charge in [-0.05, 0) is 0 Å². The highest BCUT2D eigenvalue weighted by Gasteiger charge is 2.53. The zero-order valence-electron chi connectivity index (χ0n) is 17.7. The molecule has 0 unspecified atom stereocenters. The Balaban J connectivity index is 1.70. The molecule has 0 saturated carbocycles. The summed E-state index contributed by atoms with van der Waals surface area (Å²) in [6.45, 7) is -2.28. The van der Waals surface area contributed by atoms with Gasteiger partial charge in [0.15, 0.2) is 18.9 Å². The van der Waals surface area contributed by atoms with Crippen molar-refractivity contribution < 1.29 is 79.9 Å². The molecule has 16 heteroatoms. The van der Waals surface area contributed by atoms with Crippen LogP contribution in [0.3, 0.4) is 0 Å². The van der Waals surface area contributed by atoms with Crippen molar-refractivity contribution >= 4 is 0 Å². The normalized spacial score (nSPS) is 52.5. The van der Waals surface area contributed by atoms with Crippen molar-refractivity contribution in [2.75, 3.05) is 19.8 Å². The highest BCUT2D eigenvalue weighted by atomic mass is 16.8. The molecule has 0 spiro atoms. The molecule has 3 heterocycles. The van der Waals surface area contributed by atoms with Crippen LogP contribution in [0.5, 0.6) is 0 Å². The van der Waals surface area contributed by atoms with Gasteiger partial charge in [0, 0.05) is 0 Å². The second-order valence-corrected chi connectivity index (χ2v) is 8.33. The van der Waals surface area contributed by atoms with Crippen molar-refractivity contribution in [1.82, 2.24) is 0 Å². The van der Waals surface area contributed by atoms with E-state index in [2.05, 4.69) is 0 Å². The number of hydrogen-bond acceptors (Lipinski definition) is 16. The lowest BCUT2D eigenvalue weighted by Gasteiger charge is -2.47. The van der Waals surface area contributed by atoms with Gasteiger partial charge < -0.3 is 79.9 Å². The van der Waals surface area contributed by atoms with Crippen molar-refractivity contribution in [2.45, 2.75) is 92.1 Å². The van der Waals surface area contributed by atoms with Crippen LogP contribution >= 0.6 is 0 Å². The van der Waals surface area contributed by atoms with Crippen LogP contribution in [-0.4, -0.2) is 168 Å². The van der Waals surface area contributed by atoms with Crippen LogP contribution in [0.15, 0.2) is 0 Å². The summed E-state index contributed by atoms with van der Waals surface area (Å²) in [6, 6.07) is 0. The summed E-state index contributed by atoms with van der Waals surface area (Å²) in [6.07, 6.45) is -25.2. The number of aliphatic hydroxyl groups is 11. The minimum atomic E-state index is -1.93. The Morgan fingerprint density at radius 3 is 1.41 bits per heavy atom. The van der Waals surface area contributed by atoms with Crippen molar-refractivity contribution in [3.05, 3.63) is 0 Å². The van der Waals surface area contributed by atoms with Gasteiger partial charge in [0.05, 0.1) is 19.8 Å². The van der Waals surface area contributed by atoms with Gasteiger partial charge in [-0.15, -0.1) is 0 Å². The fourth-order valence-electron chi connectivity index (χ4n) is 4.04. The quantitative estimate of drug-likeness (QED) is 0.154. The maximum absolute atomic E-state index is 10.6. The van der Waals surface area contributed by atoms with Crippen LogP contribution in [0.2, 0.25) is 0 Å². The lowest BCUT2D eigenvalue weighted by molar-refractivity contribution is -0.381. The van der Waals surface area contributed by atoms with E-state index in [1.54, 1.807) is 0 Å². The molecule has 3 fully saturated rings. The van der Waals surface area contributed by atoms with Gasteiger partial charge in [-0.1, -0.05) is 0 Å². The van der Waals surface area contributed by atoms with E-state index in [0.29, 0.717) is 0 Å². The standard InChI is InChI=1S/C18H32O16/c19-1-4-8(23)10(25)15(16(29)30-4)34-18-13(28)11(26)14(6(3-21)32-18)33-17-12(27)9(24)7(22)5(2-20)31-17/h4-29H,1-3H2/t4-,5-,6-,7-,8-,9+,10+,11-,12-,13-,14-,15-,16+,17-,18-/m1/s1. The Morgan fingerprint density at radius 1 is 0.441 bits per heavy atom. The topological polar surface area (TPSA) is 269 Å². The third-order valence-corrected chi connectivity index (χ3v) is 6.09. The molecule has 0 aromatic rings. The van der Waals surface area contributed by atoms with Gasteiger partial charge in [0.1, 0.15) is 73.2 Å². The molecule has 11 N–H and O–H groups in total. The maximum Gasteiger partial charge on any atom is 0.187 e. The highest BCUT2D eigenvalue weighted by molar-refractivity contribution is 4.95. The molecule has 34 heavy (non-hydrogen) atoms. The molecule has 3 aliphatic heterocycles. The number of aliphatic hydroxyl groups excluding tert-OH is 11. The van der Waals surface area contributed by atoms with Gasteiger partial charge in [-0.25, -0.2) is 0 Å². The zero-order valence-corrected chi connectivity index (χ0v) is 17.7. The summed E-state index contributed by atoms with van der Waals surface area (Å²) in [5, 5.41) is 109. The Bertz CT molecular complexity index is 637. The van der Waals surface area contributed by atoms with Gasteiger partial charge in [-0.3, -0.25) is 0 Å². The summed E-state index contributed by atoms with van der Waals surface area (Å²) in [7, 11) is 0. The van der Waals surface area contributed by atoms with Crippen molar-refractivity contribution in [1.29, 1.82) is 0 Å². The van der Waals surface area contributed by atoms with Gasteiger partial charge >= 0.3 is 0 Å². The molecular formula is C18H32O16. The molecule has 0 aromatic carbocycles. The number of ether oxygens (including phenoxy) is 5. The van der Waals surface area contributed by atoms with E-state index >= 15 is 0 Å². The Kier molecular flexibility index (Phi) is 9.54. The molecule has 3 saturated heterocycles. The van der Waals surface area contributed by atoms with Crippen molar-refractivity contribution in [3.63, 3.8) is 0 Å². The summed E-state index contributed by atoms with van der Waals surface area (Å²) in [4.78, 5) is 0. The summed E-state index contributed by atoms with van der Waals surface area (Å²) in [5.74, 6) is 0. The smallest absolute Gasteiger partial charge is 0.187 e. The molecule has 200 valence electrons. The molecule has 0 aromatic heterocycles. The molecule has 3 aliphatic rings. The summed E-state index contributed by atoms with van der Waals surface area (Å²) < 4.78 is 26.2. The third-order valence-electron chi connectivity index (χ3n) is 6.09. The van der Waals surface area contributed by atoms with Gasteiger partial charge in [0.2, 0.25) is 0 Å². The predicted octanol–water partition coefficient (Wildman–Crippen LogP) is -7.57. The largest absolute Gasteiger partial charge is 0.394 e. The first-order valence-corrected chi connectivity index (χ1v) is 10.6. The van der Waals surface area contributed by atoms with Crippen LogP contribution in [-0.2, 0) is 23.7 Å². The summed E-state index contributed by atoms with van der Waals surface area (Å²) in [5.41, 5.74) is 0. The van der Waals surface area contributed by atoms with Crippen molar-refractivity contribution in [3.8, 4) is 0 Å². The Morgan fingerprint density at radius 2 is 0.853 bits per heavy atom. The van der Waals surface area contributed by atoms with Crippen LogP contribution in [0, 0.1) is 0 Å². The van der Waals surface area contributed by atoms with Crippen LogP contribution in [0.1, 0.15) is 0 Å². The molecule has 15 atom stereocenters. The van der Waals surface area contributed by atoms with Crippen LogP contribution < -0.4 is 0 Å². The second kappa shape index (κ2) is 11.6. The van der Waals surface area contributed by atoms with E-state index < -0.39 is 112 Å². The minimum Gasteiger partial charge on any atom is -0.394 e. The van der Waals surface area contributed by atoms with E-state index in [1.807, 2.05) is 0 Å². The third kappa shape index (κ3) is 5.37. The zero-order chi connectivity index (χ0) is 25.3. The van der Waals surface area contributed by atoms with Gasteiger partial charge in [0.25, 0.3) is 0 Å². The molecule has 0 amide bonds. The lowest BCUT2D eigenvalue weighted by atomic mass is 9.96. The monoisotopic (exact) mass is 504 g/mol. The SMILES string of the molecule is OC[C@H]1O[C@H](O[C@H]2[C@H](O)[C@@H](O)[C@@H](O[C@@H]3[C@@H](O)[C@H](O)[C@@H](CO)O[C@@H]3O)O[C@@H]2CO)[C@H](O)[C@@H](O)[C@@H]1O. The average molecular weight is 504 g/mol. The predicted molar refractivity (Wildman–Crippen MR) is 101 cm³/mol. The fourth-order valence-corrected chi connectivity index (χ4v) is 4.04. The van der Waals surface area contributed by atoms with Gasteiger partial charge in [-0.2, -0.15) is 0 Å². The molecule has 0 aliphatic carbocycles. The Hall–Kier alpha value is -0.640. The van der Waals surface area contributed by atoms with Crippen LogP contribution in [0.25, 0.3) is 0 Å². The van der Waals surface area contributed by atoms with Crippen molar-refractivity contribution in [2.24, 2.45) is 0 Å². The number of hydrogen-bond donors (Lipinski definition) is 11. The first kappa shape index (κ1) is 27.9. The molecule has 3 rings (SSSR count). The second-order valence-electron chi connectivity index (χ2n) is 8.33. The molecule has 0 radical (unpaired) electrons. The molecular weight excluding hydrogens is 472 g/mol. The molecule has 16 nitrogen and oxygen atoms in total. The Labute approximate surface area is 192 Å².